The molecule has 1 unspecified atom stereocenters. The smallest absolute Gasteiger partial charge is 0.306 e. The lowest BCUT2D eigenvalue weighted by Gasteiger charge is -2.18. The van der Waals surface area contributed by atoms with Gasteiger partial charge < -0.3 is 14.2 Å². The van der Waals surface area contributed by atoms with Gasteiger partial charge in [-0.3, -0.25) is 14.4 Å². The molecule has 0 saturated heterocycles. The second-order valence-electron chi connectivity index (χ2n) is 17.5. The van der Waals surface area contributed by atoms with Crippen LogP contribution >= 0.6 is 0 Å². The monoisotopic (exact) mass is 843 g/mol. The van der Waals surface area contributed by atoms with Gasteiger partial charge in [-0.1, -0.05) is 218 Å². The van der Waals surface area contributed by atoms with Gasteiger partial charge in [-0.2, -0.15) is 0 Å². The van der Waals surface area contributed by atoms with Crippen LogP contribution in [0.15, 0.2) is 36.5 Å². The molecule has 350 valence electrons. The molecule has 0 aliphatic carbocycles. The Bertz CT molecular complexity index is 1020. The summed E-state index contributed by atoms with van der Waals surface area (Å²) in [5.74, 6) is -0.905. The van der Waals surface area contributed by atoms with Gasteiger partial charge in [0.25, 0.3) is 0 Å². The quantitative estimate of drug-likeness (QED) is 0.0200. The van der Waals surface area contributed by atoms with Crippen molar-refractivity contribution in [2.24, 2.45) is 0 Å². The molecule has 0 bridgehead atoms. The number of rotatable bonds is 47. The van der Waals surface area contributed by atoms with Gasteiger partial charge in [-0.15, -0.1) is 0 Å². The fourth-order valence-corrected chi connectivity index (χ4v) is 7.43. The van der Waals surface area contributed by atoms with Crippen LogP contribution in [0, 0.1) is 0 Å². The van der Waals surface area contributed by atoms with Crippen LogP contribution in [-0.4, -0.2) is 37.2 Å². The van der Waals surface area contributed by atoms with Gasteiger partial charge in [0.1, 0.15) is 13.2 Å². The van der Waals surface area contributed by atoms with Crippen molar-refractivity contribution >= 4 is 17.9 Å². The van der Waals surface area contributed by atoms with E-state index < -0.39 is 6.10 Å². The molecule has 0 amide bonds. The molecule has 0 aromatic heterocycles. The molecular formula is C54H98O6. The highest BCUT2D eigenvalue weighted by Gasteiger charge is 2.19. The van der Waals surface area contributed by atoms with Crippen LogP contribution < -0.4 is 0 Å². The highest BCUT2D eigenvalue weighted by atomic mass is 16.6. The molecule has 0 aliphatic heterocycles. The average molecular weight is 843 g/mol. The maximum atomic E-state index is 12.8. The van der Waals surface area contributed by atoms with E-state index in [2.05, 4.69) is 57.2 Å². The maximum absolute atomic E-state index is 12.8. The van der Waals surface area contributed by atoms with Crippen molar-refractivity contribution in [1.29, 1.82) is 0 Å². The average Bonchev–Trinajstić information content (AvgIpc) is 3.24. The van der Waals surface area contributed by atoms with E-state index >= 15 is 0 Å². The minimum Gasteiger partial charge on any atom is -0.462 e. The molecule has 0 radical (unpaired) electrons. The summed E-state index contributed by atoms with van der Waals surface area (Å²) in [6, 6.07) is 0. The summed E-state index contributed by atoms with van der Waals surface area (Å²) in [4.78, 5) is 37.9. The number of carbonyl (C=O) groups is 3. The van der Waals surface area contributed by atoms with Crippen LogP contribution in [0.5, 0.6) is 0 Å². The third-order valence-corrected chi connectivity index (χ3v) is 11.4. The molecule has 6 heteroatoms. The van der Waals surface area contributed by atoms with Gasteiger partial charge in [0.05, 0.1) is 0 Å². The second-order valence-corrected chi connectivity index (χ2v) is 17.5. The summed E-state index contributed by atoms with van der Waals surface area (Å²) in [6.07, 6.45) is 57.0. The molecule has 1 atom stereocenters. The summed E-state index contributed by atoms with van der Waals surface area (Å²) < 4.78 is 16.8. The van der Waals surface area contributed by atoms with E-state index in [9.17, 15) is 14.4 Å². The number of unbranched alkanes of at least 4 members (excludes halogenated alkanes) is 31. The SMILES string of the molecule is CCCCCCCCC/C=C\C=C/CCCCCCCC(=O)OCC(COC(=O)CCCCCCCCCCCC)OC(=O)CCCCC/C=C\CCCCCCCCC. The zero-order chi connectivity index (χ0) is 43.7. The Balaban J connectivity index is 4.36. The van der Waals surface area contributed by atoms with Gasteiger partial charge >= 0.3 is 17.9 Å². The number of allylic oxidation sites excluding steroid dienone is 6. The molecule has 0 N–H and O–H groups in total. The van der Waals surface area contributed by atoms with Gasteiger partial charge in [0.15, 0.2) is 6.10 Å². The van der Waals surface area contributed by atoms with E-state index in [-0.39, 0.29) is 31.1 Å². The molecule has 0 aliphatic rings. The Morgan fingerprint density at radius 2 is 0.600 bits per heavy atom. The molecule has 0 heterocycles. The Kier molecular flexibility index (Phi) is 47.3. The van der Waals surface area contributed by atoms with Crippen molar-refractivity contribution in [3.8, 4) is 0 Å². The molecule has 60 heavy (non-hydrogen) atoms. The molecular weight excluding hydrogens is 745 g/mol. The van der Waals surface area contributed by atoms with Crippen LogP contribution in [-0.2, 0) is 28.6 Å². The lowest BCUT2D eigenvalue weighted by Crippen LogP contribution is -2.30. The maximum Gasteiger partial charge on any atom is 0.306 e. The first-order chi connectivity index (χ1) is 29.5. The van der Waals surface area contributed by atoms with E-state index in [4.69, 9.17) is 14.2 Å². The van der Waals surface area contributed by atoms with Gasteiger partial charge in [0.2, 0.25) is 0 Å². The summed E-state index contributed by atoms with van der Waals surface area (Å²) in [5.41, 5.74) is 0. The summed E-state index contributed by atoms with van der Waals surface area (Å²) in [5, 5.41) is 0. The van der Waals surface area contributed by atoms with Crippen LogP contribution in [0.25, 0.3) is 0 Å². The van der Waals surface area contributed by atoms with Gasteiger partial charge in [-0.05, 0) is 70.6 Å². The largest absolute Gasteiger partial charge is 0.462 e. The number of hydrogen-bond acceptors (Lipinski definition) is 6. The zero-order valence-corrected chi connectivity index (χ0v) is 40.0. The molecule has 0 saturated carbocycles. The highest BCUT2D eigenvalue weighted by molar-refractivity contribution is 5.71. The van der Waals surface area contributed by atoms with E-state index in [0.29, 0.717) is 19.3 Å². The van der Waals surface area contributed by atoms with Crippen molar-refractivity contribution in [3.63, 3.8) is 0 Å². The lowest BCUT2D eigenvalue weighted by molar-refractivity contribution is -0.167. The Labute approximate surface area is 372 Å². The van der Waals surface area contributed by atoms with Crippen molar-refractivity contribution in [2.45, 2.75) is 277 Å². The van der Waals surface area contributed by atoms with Crippen molar-refractivity contribution in [3.05, 3.63) is 36.5 Å². The van der Waals surface area contributed by atoms with Crippen molar-refractivity contribution in [1.82, 2.24) is 0 Å². The predicted molar refractivity (Wildman–Crippen MR) is 256 cm³/mol. The first-order valence-electron chi connectivity index (χ1n) is 26.0. The summed E-state index contributed by atoms with van der Waals surface area (Å²) in [6.45, 7) is 6.61. The second kappa shape index (κ2) is 49.3. The number of hydrogen-bond donors (Lipinski definition) is 0. The lowest BCUT2D eigenvalue weighted by atomic mass is 10.1. The predicted octanol–water partition coefficient (Wildman–Crippen LogP) is 16.9. The Morgan fingerprint density at radius 3 is 0.950 bits per heavy atom. The van der Waals surface area contributed by atoms with Crippen LogP contribution in [0.3, 0.4) is 0 Å². The number of esters is 3. The first kappa shape index (κ1) is 57.6. The number of carbonyl (C=O) groups excluding carboxylic acids is 3. The molecule has 0 aromatic carbocycles. The molecule has 0 aromatic rings. The fraction of sp³-hybridized carbons (Fsp3) is 0.833. The van der Waals surface area contributed by atoms with Crippen LogP contribution in [0.2, 0.25) is 0 Å². The summed E-state index contributed by atoms with van der Waals surface area (Å²) in [7, 11) is 0. The Hall–Kier alpha value is -2.37. The minimum absolute atomic E-state index is 0.0808. The third-order valence-electron chi connectivity index (χ3n) is 11.4. The van der Waals surface area contributed by atoms with Gasteiger partial charge in [0, 0.05) is 19.3 Å². The summed E-state index contributed by atoms with van der Waals surface area (Å²) >= 11 is 0. The van der Waals surface area contributed by atoms with Crippen LogP contribution in [0.1, 0.15) is 271 Å². The standard InChI is InChI=1S/C54H98O6/c1-4-7-10-13-16-19-22-24-26-27-28-29-31-32-35-38-41-44-47-53(56)59-50-51(49-58-52(55)46-43-40-37-34-21-18-15-12-9-6-3)60-54(57)48-45-42-39-36-33-30-25-23-20-17-14-11-8-5-2/h26-30,33,51H,4-25,31-32,34-50H2,1-3H3/b27-26-,29-28-,33-30-. The van der Waals surface area contributed by atoms with E-state index in [0.717, 1.165) is 89.9 Å². The van der Waals surface area contributed by atoms with Gasteiger partial charge in [-0.25, -0.2) is 0 Å². The van der Waals surface area contributed by atoms with E-state index in [1.54, 1.807) is 0 Å². The highest BCUT2D eigenvalue weighted by Crippen LogP contribution is 2.14. The van der Waals surface area contributed by atoms with Crippen LogP contribution in [0.4, 0.5) is 0 Å². The fourth-order valence-electron chi connectivity index (χ4n) is 7.43. The van der Waals surface area contributed by atoms with Crippen molar-refractivity contribution < 1.29 is 28.6 Å². The number of ether oxygens (including phenoxy) is 3. The van der Waals surface area contributed by atoms with Crippen molar-refractivity contribution in [2.75, 3.05) is 13.2 Å². The van der Waals surface area contributed by atoms with E-state index in [1.807, 2.05) is 0 Å². The normalized spacial score (nSPS) is 12.2. The molecule has 6 nitrogen and oxygen atoms in total. The molecule has 0 spiro atoms. The first-order valence-corrected chi connectivity index (χ1v) is 26.0. The molecule has 0 fully saturated rings. The minimum atomic E-state index is -0.782. The topological polar surface area (TPSA) is 78.9 Å². The van der Waals surface area contributed by atoms with E-state index in [1.165, 1.54) is 141 Å². The Morgan fingerprint density at radius 1 is 0.333 bits per heavy atom. The zero-order valence-electron chi connectivity index (χ0n) is 40.0. The third kappa shape index (κ3) is 46.7. The molecule has 0 rings (SSSR count).